The predicted octanol–water partition coefficient (Wildman–Crippen LogP) is 0.454. The van der Waals surface area contributed by atoms with Gasteiger partial charge in [-0.2, -0.15) is 0 Å². The molecular formula is C16H27N2O4S+. The van der Waals surface area contributed by atoms with E-state index in [0.29, 0.717) is 18.3 Å². The Morgan fingerprint density at radius 3 is 2.52 bits per heavy atom. The van der Waals surface area contributed by atoms with Crippen LogP contribution in [-0.2, 0) is 9.59 Å². The van der Waals surface area contributed by atoms with E-state index in [-0.39, 0.29) is 29.1 Å². The molecular weight excluding hydrogens is 316 g/mol. The molecule has 2 saturated heterocycles. The molecule has 7 heteroatoms. The van der Waals surface area contributed by atoms with E-state index in [0.717, 1.165) is 23.9 Å². The van der Waals surface area contributed by atoms with Crippen LogP contribution < -0.4 is 0 Å². The van der Waals surface area contributed by atoms with Gasteiger partial charge < -0.3 is 19.6 Å². The summed E-state index contributed by atoms with van der Waals surface area (Å²) in [5, 5.41) is 18.7. The molecule has 2 heterocycles. The van der Waals surface area contributed by atoms with Crippen LogP contribution >= 0.6 is 11.8 Å². The minimum absolute atomic E-state index is 0.00820. The second-order valence-corrected chi connectivity index (χ2v) is 9.51. The number of aliphatic hydroxyl groups is 1. The minimum atomic E-state index is -0.879. The first-order valence-electron chi connectivity index (χ1n) is 8.34. The van der Waals surface area contributed by atoms with Gasteiger partial charge in [0, 0.05) is 17.8 Å². The van der Waals surface area contributed by atoms with Crippen molar-refractivity contribution in [2.75, 3.05) is 34.3 Å². The van der Waals surface area contributed by atoms with Gasteiger partial charge >= 0.3 is 5.97 Å². The van der Waals surface area contributed by atoms with Gasteiger partial charge in [0.15, 0.2) is 0 Å². The molecule has 6 nitrogen and oxygen atoms in total. The number of hydrogen-bond acceptors (Lipinski definition) is 4. The molecule has 3 fully saturated rings. The number of rotatable bonds is 6. The Hall–Kier alpha value is -0.790. The van der Waals surface area contributed by atoms with Crippen LogP contribution in [0.15, 0.2) is 0 Å². The highest BCUT2D eigenvalue weighted by Crippen LogP contribution is 2.54. The molecule has 3 aliphatic rings. The molecule has 1 saturated carbocycles. The Kier molecular flexibility index (Phi) is 4.40. The quantitative estimate of drug-likeness (QED) is 0.541. The standard InChI is InChI=1S/C16H26N2O4S/c1-18(2,3)8-9-6-10(7-9)13-12(16(21)22)17-14(20)11(4-5-19)15(17)23-13/h9-13,15,19H,4-8H2,1-3H3/p+1/t9?,10?,11-,12?,13?,15?/m0/s1. The van der Waals surface area contributed by atoms with E-state index in [4.69, 9.17) is 5.11 Å². The first-order valence-corrected chi connectivity index (χ1v) is 9.29. The SMILES string of the molecule is C[N+](C)(C)CC1CC(C2SC3[C@@H](CCO)C(=O)N3C2C(=O)O)C1. The second-order valence-electron chi connectivity index (χ2n) is 8.21. The van der Waals surface area contributed by atoms with Gasteiger partial charge in [0.2, 0.25) is 5.91 Å². The van der Waals surface area contributed by atoms with Gasteiger partial charge in [0.25, 0.3) is 0 Å². The number of carbonyl (C=O) groups excluding carboxylic acids is 1. The Bertz CT molecular complexity index is 501. The van der Waals surface area contributed by atoms with Crippen molar-refractivity contribution in [2.45, 2.75) is 35.9 Å². The lowest BCUT2D eigenvalue weighted by molar-refractivity contribution is -0.874. The summed E-state index contributed by atoms with van der Waals surface area (Å²) in [5.74, 6) is -0.110. The Balaban J connectivity index is 1.64. The molecule has 0 spiro atoms. The fourth-order valence-corrected chi connectivity index (χ4v) is 6.38. The van der Waals surface area contributed by atoms with E-state index < -0.39 is 12.0 Å². The summed E-state index contributed by atoms with van der Waals surface area (Å²) in [5.41, 5.74) is 0. The molecule has 0 bridgehead atoms. The minimum Gasteiger partial charge on any atom is -0.480 e. The fraction of sp³-hybridized carbons (Fsp3) is 0.875. The zero-order valence-electron chi connectivity index (χ0n) is 14.0. The fourth-order valence-electron chi connectivity index (χ4n) is 4.41. The molecule has 2 N–H and O–H groups in total. The lowest BCUT2D eigenvalue weighted by atomic mass is 9.71. The van der Waals surface area contributed by atoms with Gasteiger partial charge in [-0.1, -0.05) is 0 Å². The third-order valence-corrected chi connectivity index (χ3v) is 7.12. The molecule has 130 valence electrons. The van der Waals surface area contributed by atoms with Crippen molar-refractivity contribution in [2.24, 2.45) is 17.8 Å². The lowest BCUT2D eigenvalue weighted by Gasteiger charge is -2.44. The van der Waals surface area contributed by atoms with Crippen LogP contribution in [0, 0.1) is 17.8 Å². The molecule has 23 heavy (non-hydrogen) atoms. The third-order valence-electron chi connectivity index (χ3n) is 5.33. The van der Waals surface area contributed by atoms with Crippen molar-refractivity contribution in [3.8, 4) is 0 Å². The van der Waals surface area contributed by atoms with Crippen LogP contribution in [0.2, 0.25) is 0 Å². The number of hydrogen-bond donors (Lipinski definition) is 2. The zero-order valence-corrected chi connectivity index (χ0v) is 14.8. The number of β-lactam (4-membered cyclic amide) rings is 1. The average molecular weight is 343 g/mol. The van der Waals surface area contributed by atoms with E-state index in [9.17, 15) is 14.7 Å². The highest BCUT2D eigenvalue weighted by Gasteiger charge is 2.62. The summed E-state index contributed by atoms with van der Waals surface area (Å²) in [4.78, 5) is 25.5. The Morgan fingerprint density at radius 2 is 2.00 bits per heavy atom. The summed E-state index contributed by atoms with van der Waals surface area (Å²) < 4.78 is 0.934. The number of quaternary nitrogens is 1. The van der Waals surface area contributed by atoms with Gasteiger partial charge in [-0.3, -0.25) is 4.79 Å². The van der Waals surface area contributed by atoms with Gasteiger partial charge in [0.1, 0.15) is 6.04 Å². The zero-order chi connectivity index (χ0) is 16.9. The van der Waals surface area contributed by atoms with Crippen molar-refractivity contribution in [1.29, 1.82) is 0 Å². The van der Waals surface area contributed by atoms with Crippen LogP contribution in [0.4, 0.5) is 0 Å². The van der Waals surface area contributed by atoms with Crippen molar-refractivity contribution in [3.63, 3.8) is 0 Å². The maximum Gasteiger partial charge on any atom is 0.327 e. The van der Waals surface area contributed by atoms with Crippen molar-refractivity contribution >= 4 is 23.6 Å². The first-order chi connectivity index (χ1) is 10.7. The molecule has 1 aliphatic carbocycles. The molecule has 0 aromatic heterocycles. The van der Waals surface area contributed by atoms with Crippen LogP contribution in [0.5, 0.6) is 0 Å². The monoisotopic (exact) mass is 343 g/mol. The van der Waals surface area contributed by atoms with E-state index in [1.807, 2.05) is 0 Å². The topological polar surface area (TPSA) is 77.8 Å². The van der Waals surface area contributed by atoms with E-state index in [1.165, 1.54) is 0 Å². The number of aliphatic hydroxyl groups excluding tert-OH is 1. The Morgan fingerprint density at radius 1 is 1.35 bits per heavy atom. The van der Waals surface area contributed by atoms with Gasteiger partial charge in [0.05, 0.1) is 39.0 Å². The summed E-state index contributed by atoms with van der Waals surface area (Å²) in [6, 6.07) is -0.678. The first kappa shape index (κ1) is 17.0. The van der Waals surface area contributed by atoms with E-state index in [1.54, 1.807) is 16.7 Å². The number of aliphatic carboxylic acids is 1. The Labute approximate surface area is 141 Å². The molecule has 1 amide bonds. The number of carboxylic acid groups (broad SMARTS) is 1. The number of carbonyl (C=O) groups is 2. The number of fused-ring (bicyclic) bond motifs is 1. The predicted molar refractivity (Wildman–Crippen MR) is 87.7 cm³/mol. The van der Waals surface area contributed by atoms with Crippen molar-refractivity contribution in [1.82, 2.24) is 4.90 Å². The summed E-state index contributed by atoms with van der Waals surface area (Å²) >= 11 is 1.66. The van der Waals surface area contributed by atoms with Gasteiger partial charge in [-0.05, 0) is 25.2 Å². The average Bonchev–Trinajstić information content (AvgIpc) is 2.74. The normalized spacial score (nSPS) is 39.7. The number of carboxylic acids is 1. The number of nitrogens with zero attached hydrogens (tertiary/aromatic N) is 2. The summed E-state index contributed by atoms with van der Waals surface area (Å²) in [7, 11) is 6.55. The van der Waals surface area contributed by atoms with E-state index >= 15 is 0 Å². The van der Waals surface area contributed by atoms with Gasteiger partial charge in [-0.15, -0.1) is 11.8 Å². The number of thioether (sulfide) groups is 1. The van der Waals surface area contributed by atoms with Crippen molar-refractivity contribution < 1.29 is 24.3 Å². The van der Waals surface area contributed by atoms with E-state index in [2.05, 4.69) is 21.1 Å². The molecule has 0 aromatic carbocycles. The molecule has 0 aromatic rings. The molecule has 3 unspecified atom stereocenters. The number of amides is 1. The lowest BCUT2D eigenvalue weighted by Crippen LogP contribution is -2.62. The molecule has 4 atom stereocenters. The highest BCUT2D eigenvalue weighted by atomic mass is 32.2. The maximum atomic E-state index is 12.2. The maximum absolute atomic E-state index is 12.2. The smallest absolute Gasteiger partial charge is 0.327 e. The van der Waals surface area contributed by atoms with Crippen LogP contribution in [0.1, 0.15) is 19.3 Å². The largest absolute Gasteiger partial charge is 0.480 e. The van der Waals surface area contributed by atoms with Crippen LogP contribution in [0.3, 0.4) is 0 Å². The van der Waals surface area contributed by atoms with Gasteiger partial charge in [-0.25, -0.2) is 4.79 Å². The molecule has 0 radical (unpaired) electrons. The second kappa shape index (κ2) is 5.93. The molecule has 3 rings (SSSR count). The third kappa shape index (κ3) is 2.98. The highest BCUT2D eigenvalue weighted by molar-refractivity contribution is 8.01. The van der Waals surface area contributed by atoms with Crippen molar-refractivity contribution in [3.05, 3.63) is 0 Å². The molecule has 2 aliphatic heterocycles. The summed E-state index contributed by atoms with van der Waals surface area (Å²) in [6.45, 7) is 1.10. The van der Waals surface area contributed by atoms with Crippen LogP contribution in [0.25, 0.3) is 0 Å². The van der Waals surface area contributed by atoms with Crippen LogP contribution in [-0.4, -0.2) is 82.4 Å². The summed E-state index contributed by atoms with van der Waals surface area (Å²) in [6.07, 6.45) is 2.58.